The highest BCUT2D eigenvalue weighted by Crippen LogP contribution is 2.31. The largest absolute Gasteiger partial charge is 0.480 e. The van der Waals surface area contributed by atoms with Crippen LogP contribution in [0.5, 0.6) is 5.88 Å². The van der Waals surface area contributed by atoms with Gasteiger partial charge in [0.15, 0.2) is 0 Å². The number of anilines is 1. The van der Waals surface area contributed by atoms with Crippen molar-refractivity contribution in [3.05, 3.63) is 10.7 Å². The lowest BCUT2D eigenvalue weighted by Crippen LogP contribution is -2.37. The van der Waals surface area contributed by atoms with Gasteiger partial charge < -0.3 is 10.1 Å². The second kappa shape index (κ2) is 5.21. The van der Waals surface area contributed by atoms with Gasteiger partial charge in [-0.1, -0.05) is 19.3 Å². The fourth-order valence-corrected chi connectivity index (χ4v) is 2.63. The van der Waals surface area contributed by atoms with Gasteiger partial charge in [0.05, 0.1) is 17.8 Å². The molecule has 1 N–H and O–H groups in total. The van der Waals surface area contributed by atoms with E-state index in [0.29, 0.717) is 11.8 Å². The van der Waals surface area contributed by atoms with Crippen LogP contribution in [0.2, 0.25) is 0 Å². The number of hydrogen-bond acceptors (Lipinski definition) is 4. The molecule has 0 atom stereocenters. The van der Waals surface area contributed by atoms with Crippen molar-refractivity contribution in [1.82, 2.24) is 9.97 Å². The fraction of sp³-hybridized carbons (Fsp3) is 0.667. The van der Waals surface area contributed by atoms with E-state index in [2.05, 4.69) is 38.1 Å². The molecule has 1 saturated carbocycles. The van der Waals surface area contributed by atoms with Crippen LogP contribution >= 0.6 is 15.9 Å². The van der Waals surface area contributed by atoms with Gasteiger partial charge in [0, 0.05) is 5.54 Å². The van der Waals surface area contributed by atoms with Crippen LogP contribution in [0.4, 0.5) is 5.95 Å². The van der Waals surface area contributed by atoms with Crippen molar-refractivity contribution in [2.75, 3.05) is 12.4 Å². The van der Waals surface area contributed by atoms with Crippen molar-refractivity contribution in [1.29, 1.82) is 0 Å². The predicted octanol–water partition coefficient (Wildman–Crippen LogP) is 3.38. The highest BCUT2D eigenvalue weighted by Gasteiger charge is 2.27. The summed E-state index contributed by atoms with van der Waals surface area (Å²) >= 11 is 3.35. The van der Waals surface area contributed by atoms with Crippen molar-refractivity contribution in [2.24, 2.45) is 0 Å². The van der Waals surface area contributed by atoms with Gasteiger partial charge in [-0.25, -0.2) is 4.98 Å². The predicted molar refractivity (Wildman–Crippen MR) is 71.4 cm³/mol. The zero-order valence-electron chi connectivity index (χ0n) is 10.3. The summed E-state index contributed by atoms with van der Waals surface area (Å²) in [5.41, 5.74) is 0.122. The van der Waals surface area contributed by atoms with E-state index in [1.54, 1.807) is 13.3 Å². The van der Waals surface area contributed by atoms with Gasteiger partial charge >= 0.3 is 0 Å². The number of nitrogens with one attached hydrogen (secondary N) is 1. The summed E-state index contributed by atoms with van der Waals surface area (Å²) in [6, 6.07) is 0. The van der Waals surface area contributed by atoms with Crippen LogP contribution < -0.4 is 10.1 Å². The average Bonchev–Trinajstić information content (AvgIpc) is 2.32. The van der Waals surface area contributed by atoms with E-state index in [1.165, 1.54) is 32.1 Å². The summed E-state index contributed by atoms with van der Waals surface area (Å²) in [6.45, 7) is 2.24. The van der Waals surface area contributed by atoms with Crippen LogP contribution in [0.1, 0.15) is 39.0 Å². The molecule has 0 saturated heterocycles. The molecule has 1 aliphatic rings. The Hall–Kier alpha value is -0.840. The Kier molecular flexibility index (Phi) is 3.86. The Morgan fingerprint density at radius 2 is 2.06 bits per heavy atom. The minimum absolute atomic E-state index is 0.122. The zero-order valence-corrected chi connectivity index (χ0v) is 11.9. The van der Waals surface area contributed by atoms with E-state index in [9.17, 15) is 0 Å². The normalized spacial score (nSPS) is 18.8. The number of hydrogen-bond donors (Lipinski definition) is 1. The van der Waals surface area contributed by atoms with Gasteiger partial charge in [-0.05, 0) is 35.7 Å². The first-order chi connectivity index (χ1) is 8.13. The summed E-state index contributed by atoms with van der Waals surface area (Å²) < 4.78 is 5.95. The fourth-order valence-electron chi connectivity index (χ4n) is 2.28. The van der Waals surface area contributed by atoms with Gasteiger partial charge in [0.1, 0.15) is 0 Å². The van der Waals surface area contributed by atoms with Crippen LogP contribution in [-0.2, 0) is 0 Å². The maximum Gasteiger partial charge on any atom is 0.232 e. The number of aromatic nitrogens is 2. The first-order valence-electron chi connectivity index (χ1n) is 5.98. The van der Waals surface area contributed by atoms with Crippen molar-refractivity contribution >= 4 is 21.9 Å². The monoisotopic (exact) mass is 299 g/mol. The number of methoxy groups -OCH3 is 1. The lowest BCUT2D eigenvalue weighted by molar-refractivity contribution is 0.346. The molecular formula is C12H18BrN3O. The highest BCUT2D eigenvalue weighted by atomic mass is 79.9. The molecule has 1 heterocycles. The van der Waals surface area contributed by atoms with E-state index in [0.717, 1.165) is 4.47 Å². The molecule has 1 aromatic rings. The molecule has 2 rings (SSSR count). The van der Waals surface area contributed by atoms with E-state index in [1.807, 2.05) is 0 Å². The molecule has 0 unspecified atom stereocenters. The van der Waals surface area contributed by atoms with Crippen molar-refractivity contribution in [2.45, 2.75) is 44.6 Å². The number of rotatable bonds is 3. The average molecular weight is 300 g/mol. The maximum absolute atomic E-state index is 5.17. The third-order valence-electron chi connectivity index (χ3n) is 3.28. The quantitative estimate of drug-likeness (QED) is 0.929. The molecule has 5 heteroatoms. The molecule has 0 aliphatic heterocycles. The smallest absolute Gasteiger partial charge is 0.232 e. The van der Waals surface area contributed by atoms with Gasteiger partial charge in [-0.3, -0.25) is 0 Å². The molecular weight excluding hydrogens is 282 g/mol. The summed E-state index contributed by atoms with van der Waals surface area (Å²) in [5, 5.41) is 3.44. The molecule has 1 aliphatic carbocycles. The third-order valence-corrected chi connectivity index (χ3v) is 3.82. The molecule has 0 aromatic carbocycles. The van der Waals surface area contributed by atoms with Gasteiger partial charge in [-0.15, -0.1) is 0 Å². The van der Waals surface area contributed by atoms with Gasteiger partial charge in [0.25, 0.3) is 0 Å². The Labute approximate surface area is 110 Å². The van der Waals surface area contributed by atoms with E-state index < -0.39 is 0 Å². The summed E-state index contributed by atoms with van der Waals surface area (Å²) in [7, 11) is 1.61. The van der Waals surface area contributed by atoms with E-state index in [4.69, 9.17) is 4.74 Å². The minimum atomic E-state index is 0.122. The van der Waals surface area contributed by atoms with Gasteiger partial charge in [0.2, 0.25) is 11.8 Å². The number of nitrogens with zero attached hydrogens (tertiary/aromatic N) is 2. The first-order valence-corrected chi connectivity index (χ1v) is 6.77. The second-order valence-electron chi connectivity index (χ2n) is 4.80. The van der Waals surface area contributed by atoms with E-state index >= 15 is 0 Å². The molecule has 4 nitrogen and oxygen atoms in total. The molecule has 0 bridgehead atoms. The molecule has 0 spiro atoms. The second-order valence-corrected chi connectivity index (χ2v) is 5.65. The standard InChI is InChI=1S/C12H18BrN3O/c1-12(6-4-3-5-7-12)16-11-14-8-9(13)10(15-11)17-2/h8H,3-7H2,1-2H3,(H,14,15,16). The summed E-state index contributed by atoms with van der Waals surface area (Å²) in [4.78, 5) is 8.62. The molecule has 17 heavy (non-hydrogen) atoms. The van der Waals surface area contributed by atoms with Crippen LogP contribution in [0.25, 0.3) is 0 Å². The number of halogens is 1. The molecule has 1 aromatic heterocycles. The van der Waals surface area contributed by atoms with Crippen molar-refractivity contribution in [3.63, 3.8) is 0 Å². The van der Waals surface area contributed by atoms with Crippen LogP contribution in [0, 0.1) is 0 Å². The molecule has 0 radical (unpaired) electrons. The molecule has 0 amide bonds. The Morgan fingerprint density at radius 3 is 2.71 bits per heavy atom. The van der Waals surface area contributed by atoms with Crippen LogP contribution in [0.15, 0.2) is 10.7 Å². The minimum Gasteiger partial charge on any atom is -0.480 e. The topological polar surface area (TPSA) is 47.0 Å². The summed E-state index contributed by atoms with van der Waals surface area (Å²) in [6.07, 6.45) is 7.96. The SMILES string of the molecule is COc1nc(NC2(C)CCCCC2)ncc1Br. The lowest BCUT2D eigenvalue weighted by Gasteiger charge is -2.34. The maximum atomic E-state index is 5.17. The van der Waals surface area contributed by atoms with Crippen LogP contribution in [-0.4, -0.2) is 22.6 Å². The van der Waals surface area contributed by atoms with Crippen molar-refractivity contribution < 1.29 is 4.74 Å². The Morgan fingerprint density at radius 1 is 1.35 bits per heavy atom. The Bertz CT molecular complexity index is 391. The molecule has 94 valence electrons. The highest BCUT2D eigenvalue weighted by molar-refractivity contribution is 9.10. The summed E-state index contributed by atoms with van der Waals surface area (Å²) in [5.74, 6) is 1.22. The van der Waals surface area contributed by atoms with Crippen molar-refractivity contribution in [3.8, 4) is 5.88 Å². The van der Waals surface area contributed by atoms with Crippen LogP contribution in [0.3, 0.4) is 0 Å². The third kappa shape index (κ3) is 3.09. The number of ether oxygens (including phenoxy) is 1. The first kappa shape index (κ1) is 12.6. The molecule has 1 fully saturated rings. The Balaban J connectivity index is 2.12. The van der Waals surface area contributed by atoms with E-state index in [-0.39, 0.29) is 5.54 Å². The lowest BCUT2D eigenvalue weighted by atomic mass is 9.83. The van der Waals surface area contributed by atoms with Gasteiger partial charge in [-0.2, -0.15) is 4.98 Å². The zero-order chi connectivity index (χ0) is 12.3.